The summed E-state index contributed by atoms with van der Waals surface area (Å²) >= 11 is 6.46. The molecule has 216 valence electrons. The van der Waals surface area contributed by atoms with Crippen LogP contribution in [0.1, 0.15) is 49.3 Å². The lowest BCUT2D eigenvalue weighted by molar-refractivity contribution is -0.135. The molecule has 3 aromatic rings. The summed E-state index contributed by atoms with van der Waals surface area (Å²) in [6.45, 7) is 0. The zero-order valence-electron chi connectivity index (χ0n) is 21.9. The number of amides is 2. The van der Waals surface area contributed by atoms with Crippen LogP contribution in [0.2, 0.25) is 5.02 Å². The molecule has 0 spiro atoms. The van der Waals surface area contributed by atoms with Crippen molar-refractivity contribution >= 4 is 40.7 Å². The molecule has 42 heavy (non-hydrogen) atoms. The number of carbonyl (C=O) groups is 3. The molecule has 1 aliphatic heterocycles. The van der Waals surface area contributed by atoms with Crippen LogP contribution in [-0.4, -0.2) is 34.5 Å². The van der Waals surface area contributed by atoms with Gasteiger partial charge in [-0.3, -0.25) is 24.2 Å². The first-order valence-electron chi connectivity index (χ1n) is 13.1. The molecular weight excluding hydrogens is 576 g/mol. The highest BCUT2D eigenvalue weighted by Crippen LogP contribution is 2.46. The highest BCUT2D eigenvalue weighted by atomic mass is 35.5. The Morgan fingerprint density at radius 2 is 1.88 bits per heavy atom. The maximum atomic E-state index is 15.4. The topological polar surface area (TPSA) is 94.4 Å². The van der Waals surface area contributed by atoms with E-state index >= 15 is 4.39 Å². The van der Waals surface area contributed by atoms with Gasteiger partial charge in [0.1, 0.15) is 29.5 Å². The van der Waals surface area contributed by atoms with E-state index in [9.17, 15) is 32.8 Å². The summed E-state index contributed by atoms with van der Waals surface area (Å²) in [5.41, 5.74) is -0.344. The van der Waals surface area contributed by atoms with Crippen molar-refractivity contribution in [3.8, 4) is 6.07 Å². The van der Waals surface area contributed by atoms with E-state index in [4.69, 9.17) is 11.6 Å². The molecule has 12 heteroatoms. The number of alkyl halides is 2. The molecule has 1 aliphatic carbocycles. The number of carbonyl (C=O) groups excluding carboxylic acids is 3. The summed E-state index contributed by atoms with van der Waals surface area (Å²) < 4.78 is 57.2. The highest BCUT2D eigenvalue weighted by Gasteiger charge is 2.49. The van der Waals surface area contributed by atoms with Gasteiger partial charge in [-0.2, -0.15) is 5.26 Å². The van der Waals surface area contributed by atoms with Crippen LogP contribution in [0.15, 0.2) is 60.8 Å². The Balaban J connectivity index is 1.64. The lowest BCUT2D eigenvalue weighted by Gasteiger charge is -2.38. The first-order chi connectivity index (χ1) is 20.0. The molecule has 1 saturated heterocycles. The lowest BCUT2D eigenvalue weighted by Crippen LogP contribution is -2.51. The van der Waals surface area contributed by atoms with Gasteiger partial charge in [0.2, 0.25) is 11.8 Å². The van der Waals surface area contributed by atoms with Crippen LogP contribution >= 0.6 is 11.6 Å². The van der Waals surface area contributed by atoms with Crippen molar-refractivity contribution in [1.29, 1.82) is 5.26 Å². The van der Waals surface area contributed by atoms with Crippen molar-refractivity contribution in [2.24, 2.45) is 5.92 Å². The zero-order chi connectivity index (χ0) is 30.2. The molecule has 7 nitrogen and oxygen atoms in total. The van der Waals surface area contributed by atoms with Gasteiger partial charge in [-0.15, -0.1) is 0 Å². The number of rotatable bonds is 8. The van der Waals surface area contributed by atoms with E-state index in [0.717, 1.165) is 28.0 Å². The van der Waals surface area contributed by atoms with Crippen LogP contribution in [0.5, 0.6) is 0 Å². The fraction of sp³-hybridized carbons (Fsp3) is 0.300. The van der Waals surface area contributed by atoms with Crippen LogP contribution in [0.25, 0.3) is 0 Å². The Morgan fingerprint density at radius 3 is 2.57 bits per heavy atom. The molecule has 5 rings (SSSR count). The number of Topliss-reactive ketones (excluding diaryl/α,β-unsaturated/α-hetero) is 1. The number of ketones is 1. The van der Waals surface area contributed by atoms with Gasteiger partial charge in [-0.05, 0) is 42.7 Å². The molecule has 0 radical (unpaired) electrons. The van der Waals surface area contributed by atoms with Crippen molar-refractivity contribution in [3.05, 3.63) is 88.6 Å². The number of hydrogen-bond donors (Lipinski definition) is 0. The Hall–Kier alpha value is -4.30. The lowest BCUT2D eigenvalue weighted by atomic mass is 9.77. The first-order valence-corrected chi connectivity index (χ1v) is 13.5. The first kappa shape index (κ1) is 29.2. The van der Waals surface area contributed by atoms with Crippen molar-refractivity contribution in [2.45, 2.75) is 50.1 Å². The standard InChI is InChI=1S/C30H23ClF4N4O3/c31-21-4-2-1-3-20(21)28(25(40)11-18-14-30(34,35)15-18)39(24-13-19(32)5-6-22(24)33)29(42)23-7-8-27(41)38(23)26-12-17(16-36)9-10-37-26/h1-6,9-10,12-13,18,23,28H,7-8,11,14-15H2/t23-,28-/m0/s1. The normalized spacial score (nSPS) is 18.7. The third-order valence-electron chi connectivity index (χ3n) is 7.45. The fourth-order valence-electron chi connectivity index (χ4n) is 5.52. The quantitative estimate of drug-likeness (QED) is 0.290. The average molecular weight is 599 g/mol. The van der Waals surface area contributed by atoms with Crippen molar-refractivity contribution in [1.82, 2.24) is 4.98 Å². The monoisotopic (exact) mass is 598 g/mol. The maximum Gasteiger partial charge on any atom is 0.251 e. The molecule has 2 fully saturated rings. The van der Waals surface area contributed by atoms with E-state index in [0.29, 0.717) is 0 Å². The molecule has 0 N–H and O–H groups in total. The van der Waals surface area contributed by atoms with Gasteiger partial charge in [-0.1, -0.05) is 29.8 Å². The molecule has 2 atom stereocenters. The predicted octanol–water partition coefficient (Wildman–Crippen LogP) is 6.16. The summed E-state index contributed by atoms with van der Waals surface area (Å²) in [5.74, 6) is -7.70. The Morgan fingerprint density at radius 1 is 1.14 bits per heavy atom. The predicted molar refractivity (Wildman–Crippen MR) is 145 cm³/mol. The van der Waals surface area contributed by atoms with Gasteiger partial charge >= 0.3 is 0 Å². The van der Waals surface area contributed by atoms with Gasteiger partial charge in [0.25, 0.3) is 5.91 Å². The summed E-state index contributed by atoms with van der Waals surface area (Å²) in [6.07, 6.45) is -0.289. The van der Waals surface area contributed by atoms with Crippen LogP contribution in [0, 0.1) is 28.9 Å². The molecular formula is C30H23ClF4N4O3. The number of nitrogens with zero attached hydrogens (tertiary/aromatic N) is 4. The van der Waals surface area contributed by atoms with E-state index in [2.05, 4.69) is 4.98 Å². The number of anilines is 2. The number of aromatic nitrogens is 1. The van der Waals surface area contributed by atoms with Crippen molar-refractivity contribution in [3.63, 3.8) is 0 Å². The second kappa shape index (κ2) is 11.5. The van der Waals surface area contributed by atoms with Crippen molar-refractivity contribution < 1.29 is 31.9 Å². The summed E-state index contributed by atoms with van der Waals surface area (Å²) in [7, 11) is 0. The second-order valence-electron chi connectivity index (χ2n) is 10.4. The molecule has 0 bridgehead atoms. The molecule has 1 saturated carbocycles. The number of nitriles is 1. The van der Waals surface area contributed by atoms with E-state index in [-0.39, 0.29) is 41.2 Å². The fourth-order valence-corrected chi connectivity index (χ4v) is 5.76. The van der Waals surface area contributed by atoms with Crippen LogP contribution < -0.4 is 9.80 Å². The highest BCUT2D eigenvalue weighted by molar-refractivity contribution is 6.31. The third kappa shape index (κ3) is 5.72. The molecule has 0 unspecified atom stereocenters. The van der Waals surface area contributed by atoms with Crippen LogP contribution in [0.3, 0.4) is 0 Å². The number of hydrogen-bond acceptors (Lipinski definition) is 5. The van der Waals surface area contributed by atoms with Crippen LogP contribution in [-0.2, 0) is 14.4 Å². The number of benzene rings is 2. The van der Waals surface area contributed by atoms with E-state index in [1.165, 1.54) is 36.5 Å². The summed E-state index contributed by atoms with van der Waals surface area (Å²) in [5, 5.41) is 9.36. The Kier molecular flexibility index (Phi) is 8.01. The summed E-state index contributed by atoms with van der Waals surface area (Å²) in [6, 6.07) is 10.1. The van der Waals surface area contributed by atoms with E-state index in [1.807, 2.05) is 6.07 Å². The van der Waals surface area contributed by atoms with Gasteiger partial charge in [-0.25, -0.2) is 22.5 Å². The Labute approximate surface area is 243 Å². The SMILES string of the molecule is N#Cc1ccnc(N2C(=O)CC[C@H]2C(=O)N(c2cc(F)ccc2F)[C@H](C(=O)CC2CC(F)(F)C2)c2ccccc2Cl)c1. The van der Waals surface area contributed by atoms with Crippen LogP contribution in [0.4, 0.5) is 29.1 Å². The van der Waals surface area contributed by atoms with Gasteiger partial charge in [0, 0.05) is 48.5 Å². The van der Waals surface area contributed by atoms with E-state index < -0.39 is 71.7 Å². The minimum Gasteiger partial charge on any atom is -0.297 e. The van der Waals surface area contributed by atoms with Crippen molar-refractivity contribution in [2.75, 3.05) is 9.80 Å². The van der Waals surface area contributed by atoms with E-state index in [1.54, 1.807) is 6.07 Å². The average Bonchev–Trinajstić information content (AvgIpc) is 3.33. The molecule has 2 heterocycles. The zero-order valence-corrected chi connectivity index (χ0v) is 22.7. The second-order valence-corrected chi connectivity index (χ2v) is 10.8. The molecule has 1 aromatic heterocycles. The van der Waals surface area contributed by atoms with Gasteiger partial charge in [0.05, 0.1) is 17.3 Å². The number of halogens is 5. The largest absolute Gasteiger partial charge is 0.297 e. The smallest absolute Gasteiger partial charge is 0.251 e. The third-order valence-corrected chi connectivity index (χ3v) is 7.80. The number of pyridine rings is 1. The maximum absolute atomic E-state index is 15.4. The Bertz CT molecular complexity index is 1600. The molecule has 2 amide bonds. The minimum atomic E-state index is -2.91. The molecule has 2 aromatic carbocycles. The van der Waals surface area contributed by atoms with Gasteiger partial charge in [0.15, 0.2) is 5.78 Å². The minimum absolute atomic E-state index is 0.00752. The summed E-state index contributed by atoms with van der Waals surface area (Å²) in [4.78, 5) is 47.3. The molecule has 2 aliphatic rings. The van der Waals surface area contributed by atoms with Gasteiger partial charge < -0.3 is 0 Å².